The minimum atomic E-state index is 0.0202. The largest absolute Gasteiger partial charge is 0.489 e. The molecule has 0 radical (unpaired) electrons. The standard InChI is InChI=1S/C21H27NO2/c1-6-17-8-7-9-18(12-21(23)22-5)19(17)13-24-20-11-15(3)14(2)10-16(20)4/h7-11H,6,12-13H2,1-5H3,(H,22,23). The maximum Gasteiger partial charge on any atom is 0.224 e. The quantitative estimate of drug-likeness (QED) is 0.870. The summed E-state index contributed by atoms with van der Waals surface area (Å²) in [4.78, 5) is 11.8. The molecule has 0 aliphatic heterocycles. The molecule has 0 aliphatic rings. The third-order valence-electron chi connectivity index (χ3n) is 4.54. The van der Waals surface area contributed by atoms with Crippen molar-refractivity contribution in [3.8, 4) is 5.75 Å². The number of rotatable bonds is 6. The van der Waals surface area contributed by atoms with Gasteiger partial charge in [-0.05, 0) is 66.6 Å². The van der Waals surface area contributed by atoms with Crippen LogP contribution >= 0.6 is 0 Å². The topological polar surface area (TPSA) is 38.3 Å². The number of amides is 1. The lowest BCUT2D eigenvalue weighted by atomic mass is 9.97. The van der Waals surface area contributed by atoms with Crippen molar-refractivity contribution in [2.45, 2.75) is 47.1 Å². The molecular formula is C21H27NO2. The van der Waals surface area contributed by atoms with E-state index in [0.717, 1.165) is 28.9 Å². The van der Waals surface area contributed by atoms with Crippen LogP contribution < -0.4 is 10.1 Å². The van der Waals surface area contributed by atoms with Crippen molar-refractivity contribution in [1.82, 2.24) is 5.32 Å². The Morgan fingerprint density at radius 2 is 1.71 bits per heavy atom. The van der Waals surface area contributed by atoms with Crippen LogP contribution in [-0.2, 0) is 24.2 Å². The average molecular weight is 325 g/mol. The molecule has 0 heterocycles. The zero-order chi connectivity index (χ0) is 17.7. The van der Waals surface area contributed by atoms with Gasteiger partial charge in [0.2, 0.25) is 5.91 Å². The Morgan fingerprint density at radius 3 is 2.38 bits per heavy atom. The summed E-state index contributed by atoms with van der Waals surface area (Å²) in [6.07, 6.45) is 1.31. The van der Waals surface area contributed by atoms with Gasteiger partial charge in [-0.2, -0.15) is 0 Å². The number of ether oxygens (including phenoxy) is 1. The van der Waals surface area contributed by atoms with Crippen LogP contribution in [0.5, 0.6) is 5.75 Å². The van der Waals surface area contributed by atoms with Crippen molar-refractivity contribution in [2.75, 3.05) is 7.05 Å². The maximum atomic E-state index is 11.8. The summed E-state index contributed by atoms with van der Waals surface area (Å²) in [5.41, 5.74) is 7.04. The molecule has 2 aromatic carbocycles. The molecule has 0 saturated heterocycles. The van der Waals surface area contributed by atoms with E-state index >= 15 is 0 Å². The molecule has 3 heteroatoms. The molecule has 0 aliphatic carbocycles. The Bertz CT molecular complexity index is 735. The molecule has 0 spiro atoms. The van der Waals surface area contributed by atoms with E-state index in [1.165, 1.54) is 16.7 Å². The monoisotopic (exact) mass is 325 g/mol. The van der Waals surface area contributed by atoms with Crippen LogP contribution in [0.15, 0.2) is 30.3 Å². The fraction of sp³-hybridized carbons (Fsp3) is 0.381. The van der Waals surface area contributed by atoms with Gasteiger partial charge in [-0.15, -0.1) is 0 Å². The summed E-state index contributed by atoms with van der Waals surface area (Å²) in [7, 11) is 1.67. The molecule has 0 atom stereocenters. The minimum absolute atomic E-state index is 0.0202. The number of carbonyl (C=O) groups excluding carboxylic acids is 1. The Hall–Kier alpha value is -2.29. The van der Waals surface area contributed by atoms with Gasteiger partial charge in [-0.3, -0.25) is 4.79 Å². The van der Waals surface area contributed by atoms with Crippen molar-refractivity contribution in [3.63, 3.8) is 0 Å². The third kappa shape index (κ3) is 4.16. The fourth-order valence-electron chi connectivity index (χ4n) is 2.87. The lowest BCUT2D eigenvalue weighted by Gasteiger charge is -2.17. The Labute approximate surface area is 145 Å². The van der Waals surface area contributed by atoms with Gasteiger partial charge in [0.25, 0.3) is 0 Å². The lowest BCUT2D eigenvalue weighted by molar-refractivity contribution is -0.119. The molecule has 1 amide bonds. The van der Waals surface area contributed by atoms with Crippen LogP contribution in [0, 0.1) is 20.8 Å². The van der Waals surface area contributed by atoms with Gasteiger partial charge < -0.3 is 10.1 Å². The molecule has 0 bridgehead atoms. The van der Waals surface area contributed by atoms with Crippen molar-refractivity contribution < 1.29 is 9.53 Å². The lowest BCUT2D eigenvalue weighted by Crippen LogP contribution is -2.21. The van der Waals surface area contributed by atoms with Crippen molar-refractivity contribution in [1.29, 1.82) is 0 Å². The van der Waals surface area contributed by atoms with Gasteiger partial charge in [0, 0.05) is 7.05 Å². The predicted molar refractivity (Wildman–Crippen MR) is 98.6 cm³/mol. The smallest absolute Gasteiger partial charge is 0.224 e. The zero-order valence-corrected chi connectivity index (χ0v) is 15.3. The number of hydrogen-bond donors (Lipinski definition) is 1. The van der Waals surface area contributed by atoms with E-state index in [-0.39, 0.29) is 5.91 Å². The van der Waals surface area contributed by atoms with E-state index in [1.807, 2.05) is 12.1 Å². The fourth-order valence-corrected chi connectivity index (χ4v) is 2.87. The number of hydrogen-bond acceptors (Lipinski definition) is 2. The third-order valence-corrected chi connectivity index (χ3v) is 4.54. The van der Waals surface area contributed by atoms with Gasteiger partial charge in [0.05, 0.1) is 6.42 Å². The van der Waals surface area contributed by atoms with E-state index in [0.29, 0.717) is 13.0 Å². The van der Waals surface area contributed by atoms with E-state index in [9.17, 15) is 4.79 Å². The highest BCUT2D eigenvalue weighted by Crippen LogP contribution is 2.25. The van der Waals surface area contributed by atoms with Crippen LogP contribution in [0.2, 0.25) is 0 Å². The van der Waals surface area contributed by atoms with Crippen molar-refractivity contribution >= 4 is 5.91 Å². The first kappa shape index (κ1) is 18.1. The summed E-state index contributed by atoms with van der Waals surface area (Å²) in [6.45, 7) is 8.89. The second-order valence-electron chi connectivity index (χ2n) is 6.25. The highest BCUT2D eigenvalue weighted by Gasteiger charge is 2.12. The summed E-state index contributed by atoms with van der Waals surface area (Å²) < 4.78 is 6.13. The zero-order valence-electron chi connectivity index (χ0n) is 15.3. The molecule has 24 heavy (non-hydrogen) atoms. The van der Waals surface area contributed by atoms with Crippen LogP contribution in [0.3, 0.4) is 0 Å². The van der Waals surface area contributed by atoms with Crippen LogP contribution in [-0.4, -0.2) is 13.0 Å². The highest BCUT2D eigenvalue weighted by atomic mass is 16.5. The van der Waals surface area contributed by atoms with Gasteiger partial charge in [0.15, 0.2) is 0 Å². The van der Waals surface area contributed by atoms with Crippen LogP contribution in [0.25, 0.3) is 0 Å². The van der Waals surface area contributed by atoms with E-state index in [4.69, 9.17) is 4.74 Å². The molecule has 2 rings (SSSR count). The van der Waals surface area contributed by atoms with Gasteiger partial charge >= 0.3 is 0 Å². The molecule has 0 aromatic heterocycles. The number of benzene rings is 2. The number of aryl methyl sites for hydroxylation is 4. The molecule has 0 fully saturated rings. The first-order valence-electron chi connectivity index (χ1n) is 8.47. The van der Waals surface area contributed by atoms with Crippen molar-refractivity contribution in [2.24, 2.45) is 0 Å². The Morgan fingerprint density at radius 1 is 1.04 bits per heavy atom. The molecule has 128 valence electrons. The molecular weight excluding hydrogens is 298 g/mol. The predicted octanol–water partition coefficient (Wildman–Crippen LogP) is 4.04. The first-order chi connectivity index (χ1) is 11.5. The second kappa shape index (κ2) is 8.00. The normalized spacial score (nSPS) is 10.5. The molecule has 3 nitrogen and oxygen atoms in total. The van der Waals surface area contributed by atoms with Crippen LogP contribution in [0.1, 0.15) is 40.3 Å². The van der Waals surface area contributed by atoms with E-state index in [1.54, 1.807) is 7.05 Å². The Kier molecular flexibility index (Phi) is 6.02. The summed E-state index contributed by atoms with van der Waals surface area (Å²) >= 11 is 0. The summed E-state index contributed by atoms with van der Waals surface area (Å²) in [5.74, 6) is 0.932. The first-order valence-corrected chi connectivity index (χ1v) is 8.47. The highest BCUT2D eigenvalue weighted by molar-refractivity contribution is 5.78. The number of carbonyl (C=O) groups is 1. The van der Waals surface area contributed by atoms with Gasteiger partial charge in [0.1, 0.15) is 12.4 Å². The number of nitrogens with one attached hydrogen (secondary N) is 1. The van der Waals surface area contributed by atoms with E-state index < -0.39 is 0 Å². The van der Waals surface area contributed by atoms with Crippen molar-refractivity contribution in [3.05, 3.63) is 63.7 Å². The molecule has 1 N–H and O–H groups in total. The van der Waals surface area contributed by atoms with Gasteiger partial charge in [-0.1, -0.05) is 31.2 Å². The van der Waals surface area contributed by atoms with Gasteiger partial charge in [-0.25, -0.2) is 0 Å². The minimum Gasteiger partial charge on any atom is -0.489 e. The Balaban J connectivity index is 2.28. The molecule has 2 aromatic rings. The SMILES string of the molecule is CCc1cccc(CC(=O)NC)c1COc1cc(C)c(C)cc1C. The van der Waals surface area contributed by atoms with E-state index in [2.05, 4.69) is 51.2 Å². The maximum absolute atomic E-state index is 11.8. The summed E-state index contributed by atoms with van der Waals surface area (Å²) in [5, 5.41) is 2.69. The molecule has 0 unspecified atom stereocenters. The van der Waals surface area contributed by atoms with Crippen LogP contribution in [0.4, 0.5) is 0 Å². The second-order valence-corrected chi connectivity index (χ2v) is 6.25. The average Bonchev–Trinajstić information content (AvgIpc) is 2.57. The summed E-state index contributed by atoms with van der Waals surface area (Å²) in [6, 6.07) is 10.4. The number of likely N-dealkylation sites (N-methyl/N-ethyl adjacent to an activating group) is 1. The molecule has 0 saturated carbocycles.